The van der Waals surface area contributed by atoms with E-state index in [9.17, 15) is 0 Å². The minimum atomic E-state index is -0.154. The molecule has 1 spiro atoms. The maximum Gasteiger partial charge on any atom is 0.174 e. The van der Waals surface area contributed by atoms with Crippen LogP contribution in [0, 0.1) is 5.41 Å². The second kappa shape index (κ2) is 3.82. The van der Waals surface area contributed by atoms with E-state index in [-0.39, 0.29) is 5.79 Å². The molecular weight excluding hydrogens is 176 g/mol. The molecule has 1 unspecified atom stereocenters. The molecule has 2 fully saturated rings. The smallest absolute Gasteiger partial charge is 0.174 e. The molecule has 0 aromatic rings. The van der Waals surface area contributed by atoms with Crippen LogP contribution in [-0.2, 0) is 9.47 Å². The molecule has 0 N–H and O–H groups in total. The van der Waals surface area contributed by atoms with Crippen molar-refractivity contribution in [2.75, 3.05) is 13.2 Å². The molecule has 1 atom stereocenters. The first-order valence-electron chi connectivity index (χ1n) is 6.00. The van der Waals surface area contributed by atoms with Crippen molar-refractivity contribution in [2.45, 2.75) is 58.2 Å². The average Bonchev–Trinajstić information content (AvgIpc) is 2.56. The summed E-state index contributed by atoms with van der Waals surface area (Å²) in [6, 6.07) is 0. The Kier molecular flexibility index (Phi) is 2.85. The molecule has 2 heteroatoms. The predicted molar refractivity (Wildman–Crippen MR) is 56.1 cm³/mol. The van der Waals surface area contributed by atoms with Crippen molar-refractivity contribution >= 4 is 0 Å². The first kappa shape index (κ1) is 10.4. The van der Waals surface area contributed by atoms with E-state index in [1.165, 1.54) is 32.1 Å². The minimum Gasteiger partial charge on any atom is -0.347 e. The first-order valence-corrected chi connectivity index (χ1v) is 6.00. The highest BCUT2D eigenvalue weighted by Gasteiger charge is 2.68. The number of ether oxygens (including phenoxy) is 2. The molecule has 0 radical (unpaired) electrons. The molecule has 1 aliphatic carbocycles. The third-order valence-electron chi connectivity index (χ3n) is 3.75. The lowest BCUT2D eigenvalue weighted by molar-refractivity contribution is -0.101. The van der Waals surface area contributed by atoms with Crippen molar-refractivity contribution in [2.24, 2.45) is 5.41 Å². The Bertz CT molecular complexity index is 196. The summed E-state index contributed by atoms with van der Waals surface area (Å²) in [7, 11) is 0. The van der Waals surface area contributed by atoms with E-state index in [1.54, 1.807) is 0 Å². The molecule has 1 saturated heterocycles. The summed E-state index contributed by atoms with van der Waals surface area (Å²) in [4.78, 5) is 0. The van der Waals surface area contributed by atoms with Gasteiger partial charge in [0.1, 0.15) is 0 Å². The summed E-state index contributed by atoms with van der Waals surface area (Å²) < 4.78 is 11.4. The Morgan fingerprint density at radius 2 is 1.79 bits per heavy atom. The summed E-state index contributed by atoms with van der Waals surface area (Å²) in [5.74, 6) is -0.154. The van der Waals surface area contributed by atoms with Crippen LogP contribution in [0.4, 0.5) is 0 Å². The quantitative estimate of drug-likeness (QED) is 0.632. The third kappa shape index (κ3) is 1.70. The van der Waals surface area contributed by atoms with Crippen molar-refractivity contribution < 1.29 is 9.47 Å². The van der Waals surface area contributed by atoms with Crippen molar-refractivity contribution in [3.8, 4) is 0 Å². The van der Waals surface area contributed by atoms with Gasteiger partial charge >= 0.3 is 0 Å². The van der Waals surface area contributed by atoms with Crippen LogP contribution in [0.2, 0.25) is 0 Å². The Hall–Kier alpha value is -0.0800. The maximum absolute atomic E-state index is 5.70. The zero-order valence-corrected chi connectivity index (χ0v) is 9.47. The molecule has 2 nitrogen and oxygen atoms in total. The second-order valence-corrected chi connectivity index (χ2v) is 5.00. The fraction of sp³-hybridized carbons (Fsp3) is 1.00. The molecule has 82 valence electrons. The molecule has 2 aliphatic rings. The summed E-state index contributed by atoms with van der Waals surface area (Å²) >= 11 is 0. The van der Waals surface area contributed by atoms with E-state index in [0.29, 0.717) is 5.41 Å². The van der Waals surface area contributed by atoms with Gasteiger partial charge in [-0.3, -0.25) is 0 Å². The van der Waals surface area contributed by atoms with Gasteiger partial charge in [-0.05, 0) is 6.42 Å². The van der Waals surface area contributed by atoms with Crippen LogP contribution in [0.1, 0.15) is 52.4 Å². The van der Waals surface area contributed by atoms with Gasteiger partial charge in [0.25, 0.3) is 0 Å². The van der Waals surface area contributed by atoms with E-state index in [1.807, 2.05) is 0 Å². The number of hydrogen-bond donors (Lipinski definition) is 0. The number of hydrogen-bond acceptors (Lipinski definition) is 2. The Labute approximate surface area is 87.0 Å². The average molecular weight is 198 g/mol. The summed E-state index contributed by atoms with van der Waals surface area (Å²) in [5.41, 5.74) is 0.331. The first-order chi connectivity index (χ1) is 6.72. The lowest BCUT2D eigenvalue weighted by atomic mass is 9.99. The van der Waals surface area contributed by atoms with Crippen LogP contribution in [0.3, 0.4) is 0 Å². The molecule has 0 bridgehead atoms. The lowest BCUT2D eigenvalue weighted by Gasteiger charge is -2.16. The normalized spacial score (nSPS) is 33.9. The molecule has 1 aliphatic heterocycles. The second-order valence-electron chi connectivity index (χ2n) is 5.00. The van der Waals surface area contributed by atoms with Crippen LogP contribution in [0.15, 0.2) is 0 Å². The maximum atomic E-state index is 5.70. The van der Waals surface area contributed by atoms with Gasteiger partial charge in [0, 0.05) is 11.8 Å². The summed E-state index contributed by atoms with van der Waals surface area (Å²) in [5, 5.41) is 0. The highest BCUT2D eigenvalue weighted by molar-refractivity contribution is 5.10. The van der Waals surface area contributed by atoms with E-state index in [4.69, 9.17) is 9.47 Å². The van der Waals surface area contributed by atoms with E-state index in [0.717, 1.165) is 19.6 Å². The van der Waals surface area contributed by atoms with Gasteiger partial charge in [0.05, 0.1) is 13.2 Å². The Morgan fingerprint density at radius 1 is 1.07 bits per heavy atom. The van der Waals surface area contributed by atoms with Crippen LogP contribution >= 0.6 is 0 Å². The molecular formula is C12H22O2. The van der Waals surface area contributed by atoms with Crippen molar-refractivity contribution in [3.05, 3.63) is 0 Å². The molecule has 0 aromatic heterocycles. The van der Waals surface area contributed by atoms with Gasteiger partial charge in [-0.1, -0.05) is 39.5 Å². The molecule has 2 rings (SSSR count). The van der Waals surface area contributed by atoms with E-state index >= 15 is 0 Å². The van der Waals surface area contributed by atoms with Crippen LogP contribution in [0.5, 0.6) is 0 Å². The SMILES string of the molecule is CCCCCCC1(C)CC12OCCO2. The van der Waals surface area contributed by atoms with Crippen molar-refractivity contribution in [3.63, 3.8) is 0 Å². The minimum absolute atomic E-state index is 0.154. The van der Waals surface area contributed by atoms with Gasteiger partial charge in [-0.2, -0.15) is 0 Å². The van der Waals surface area contributed by atoms with Gasteiger partial charge in [-0.25, -0.2) is 0 Å². The van der Waals surface area contributed by atoms with Crippen molar-refractivity contribution in [1.29, 1.82) is 0 Å². The van der Waals surface area contributed by atoms with Gasteiger partial charge in [0.15, 0.2) is 5.79 Å². The zero-order chi connectivity index (χ0) is 10.1. The predicted octanol–water partition coefficient (Wildman–Crippen LogP) is 3.11. The summed E-state index contributed by atoms with van der Waals surface area (Å²) in [6.45, 7) is 6.16. The fourth-order valence-corrected chi connectivity index (χ4v) is 2.60. The molecule has 14 heavy (non-hydrogen) atoms. The summed E-state index contributed by atoms with van der Waals surface area (Å²) in [6.07, 6.45) is 7.76. The highest BCUT2D eigenvalue weighted by atomic mass is 16.7. The molecule has 1 saturated carbocycles. The molecule has 0 aromatic carbocycles. The Balaban J connectivity index is 1.71. The lowest BCUT2D eigenvalue weighted by Crippen LogP contribution is -2.18. The highest BCUT2D eigenvalue weighted by Crippen LogP contribution is 2.63. The number of rotatable bonds is 5. The van der Waals surface area contributed by atoms with Gasteiger partial charge < -0.3 is 9.47 Å². The topological polar surface area (TPSA) is 18.5 Å². The largest absolute Gasteiger partial charge is 0.347 e. The van der Waals surface area contributed by atoms with Crippen LogP contribution in [-0.4, -0.2) is 19.0 Å². The monoisotopic (exact) mass is 198 g/mol. The fourth-order valence-electron chi connectivity index (χ4n) is 2.60. The standard InChI is InChI=1S/C12H22O2/c1-3-4-5-6-7-11(2)10-12(11)13-8-9-14-12/h3-10H2,1-2H3. The molecule has 0 amide bonds. The number of unbranched alkanes of at least 4 members (excludes halogenated alkanes) is 3. The molecule has 1 heterocycles. The zero-order valence-electron chi connectivity index (χ0n) is 9.47. The van der Waals surface area contributed by atoms with Crippen LogP contribution < -0.4 is 0 Å². The van der Waals surface area contributed by atoms with Crippen molar-refractivity contribution in [1.82, 2.24) is 0 Å². The van der Waals surface area contributed by atoms with E-state index < -0.39 is 0 Å². The van der Waals surface area contributed by atoms with Gasteiger partial charge in [-0.15, -0.1) is 0 Å². The van der Waals surface area contributed by atoms with Gasteiger partial charge in [0.2, 0.25) is 0 Å². The third-order valence-corrected chi connectivity index (χ3v) is 3.75. The van der Waals surface area contributed by atoms with E-state index in [2.05, 4.69) is 13.8 Å². The van der Waals surface area contributed by atoms with Crippen LogP contribution in [0.25, 0.3) is 0 Å². The Morgan fingerprint density at radius 3 is 2.43 bits per heavy atom.